The fraction of sp³-hybridized carbons (Fsp3) is 0.833. The fourth-order valence-corrected chi connectivity index (χ4v) is 0.919. The van der Waals surface area contributed by atoms with Crippen molar-refractivity contribution in [2.24, 2.45) is 0 Å². The van der Waals surface area contributed by atoms with Gasteiger partial charge in [0, 0.05) is 14.2 Å². The third-order valence-electron chi connectivity index (χ3n) is 1.37. The smallest absolute Gasteiger partial charge is 0.133 e. The maximum absolute atomic E-state index is 4.94. The minimum absolute atomic E-state index is 0.301. The fourth-order valence-electron chi connectivity index (χ4n) is 0.542. The lowest BCUT2D eigenvalue weighted by Crippen LogP contribution is -2.34. The molecule has 0 aliphatic heterocycles. The number of likely N-dealkylation sites (N-methyl/N-ethyl adjacent to an activating group) is 1. The lowest BCUT2D eigenvalue weighted by molar-refractivity contribution is 0.147. The summed E-state index contributed by atoms with van der Waals surface area (Å²) < 4.78 is 5.54. The Morgan fingerprint density at radius 3 is 2.60 bits per heavy atom. The van der Waals surface area contributed by atoms with Crippen molar-refractivity contribution in [3.8, 4) is 0 Å². The highest BCUT2D eigenvalue weighted by molar-refractivity contribution is 8.10. The molecular formula is C6H13NOS2. The van der Waals surface area contributed by atoms with E-state index in [1.165, 1.54) is 0 Å². The van der Waals surface area contributed by atoms with Gasteiger partial charge < -0.3 is 9.64 Å². The van der Waals surface area contributed by atoms with Gasteiger partial charge in [-0.2, -0.15) is 0 Å². The second kappa shape index (κ2) is 4.93. The molecule has 0 aromatic carbocycles. The zero-order chi connectivity index (χ0) is 8.15. The second-order valence-corrected chi connectivity index (χ2v) is 3.31. The van der Waals surface area contributed by atoms with Crippen molar-refractivity contribution in [2.75, 3.05) is 20.8 Å². The van der Waals surface area contributed by atoms with Crippen molar-refractivity contribution in [1.29, 1.82) is 0 Å². The van der Waals surface area contributed by atoms with E-state index in [0.29, 0.717) is 17.0 Å². The summed E-state index contributed by atoms with van der Waals surface area (Å²) in [5, 5.41) is 0. The normalized spacial score (nSPS) is 12.8. The van der Waals surface area contributed by atoms with Crippen LogP contribution >= 0.6 is 24.8 Å². The molecular weight excluding hydrogens is 166 g/mol. The molecule has 0 saturated carbocycles. The maximum atomic E-state index is 4.94. The van der Waals surface area contributed by atoms with Crippen molar-refractivity contribution in [1.82, 2.24) is 4.90 Å². The molecule has 0 aliphatic rings. The molecule has 1 atom stereocenters. The average Bonchev–Trinajstić information content (AvgIpc) is 1.87. The Hall–Kier alpha value is 0.200. The predicted octanol–water partition coefficient (Wildman–Crippen LogP) is 1.17. The van der Waals surface area contributed by atoms with Crippen LogP contribution < -0.4 is 0 Å². The van der Waals surface area contributed by atoms with E-state index in [-0.39, 0.29) is 0 Å². The Morgan fingerprint density at radius 1 is 1.80 bits per heavy atom. The monoisotopic (exact) mass is 179 g/mol. The van der Waals surface area contributed by atoms with E-state index in [2.05, 4.69) is 12.6 Å². The van der Waals surface area contributed by atoms with E-state index in [1.54, 1.807) is 7.11 Å². The van der Waals surface area contributed by atoms with Crippen molar-refractivity contribution in [2.45, 2.75) is 13.0 Å². The van der Waals surface area contributed by atoms with Gasteiger partial charge in [0.15, 0.2) is 0 Å². The molecule has 1 unspecified atom stereocenters. The number of rotatable bonds is 3. The van der Waals surface area contributed by atoms with Crippen molar-refractivity contribution < 1.29 is 4.74 Å². The Kier molecular flexibility index (Phi) is 5.03. The Morgan fingerprint density at radius 2 is 2.30 bits per heavy atom. The molecule has 0 N–H and O–H groups in total. The van der Waals surface area contributed by atoms with Crippen LogP contribution in [0.5, 0.6) is 0 Å². The first-order valence-corrected chi connectivity index (χ1v) is 3.89. The van der Waals surface area contributed by atoms with E-state index in [0.717, 1.165) is 0 Å². The van der Waals surface area contributed by atoms with Gasteiger partial charge in [0.2, 0.25) is 0 Å². The molecule has 0 radical (unpaired) electrons. The minimum atomic E-state index is 0.301. The number of thiol groups is 1. The van der Waals surface area contributed by atoms with Gasteiger partial charge >= 0.3 is 0 Å². The molecule has 0 aromatic heterocycles. The summed E-state index contributed by atoms with van der Waals surface area (Å²) in [4.78, 5) is 1.89. The van der Waals surface area contributed by atoms with E-state index < -0.39 is 0 Å². The first kappa shape index (κ1) is 10.2. The largest absolute Gasteiger partial charge is 0.383 e. The highest BCUT2D eigenvalue weighted by Crippen LogP contribution is 2.00. The molecule has 0 bridgehead atoms. The third kappa shape index (κ3) is 3.39. The number of hydrogen-bond donors (Lipinski definition) is 1. The summed E-state index contributed by atoms with van der Waals surface area (Å²) in [6.45, 7) is 2.71. The summed E-state index contributed by atoms with van der Waals surface area (Å²) in [6.07, 6.45) is 0. The molecule has 0 saturated heterocycles. The zero-order valence-corrected chi connectivity index (χ0v) is 8.21. The van der Waals surface area contributed by atoms with Crippen molar-refractivity contribution >= 4 is 29.2 Å². The van der Waals surface area contributed by atoms with Gasteiger partial charge in [-0.3, -0.25) is 0 Å². The van der Waals surface area contributed by atoms with Crippen LogP contribution in [0, 0.1) is 0 Å². The van der Waals surface area contributed by atoms with Crippen LogP contribution in [0.15, 0.2) is 0 Å². The molecule has 0 amide bonds. The number of methoxy groups -OCH3 is 1. The molecule has 0 rings (SSSR count). The van der Waals surface area contributed by atoms with E-state index in [4.69, 9.17) is 17.0 Å². The number of nitrogens with zero attached hydrogens (tertiary/aromatic N) is 1. The molecule has 0 spiro atoms. The molecule has 0 fully saturated rings. The molecule has 0 aromatic rings. The van der Waals surface area contributed by atoms with Crippen LogP contribution in [0.4, 0.5) is 0 Å². The summed E-state index contributed by atoms with van der Waals surface area (Å²) in [6, 6.07) is 0.301. The summed E-state index contributed by atoms with van der Waals surface area (Å²) in [7, 11) is 3.57. The van der Waals surface area contributed by atoms with Crippen LogP contribution in [0.25, 0.3) is 0 Å². The standard InChI is InChI=1S/C6H13NOS2/c1-5(4-8-3)7(2)6(9)10/h5H,4H2,1-3H3,(H,9,10). The molecule has 60 valence electrons. The van der Waals surface area contributed by atoms with Gasteiger partial charge in [-0.15, -0.1) is 12.6 Å². The second-order valence-electron chi connectivity index (χ2n) is 2.20. The van der Waals surface area contributed by atoms with Gasteiger partial charge in [-0.25, -0.2) is 0 Å². The summed E-state index contributed by atoms with van der Waals surface area (Å²) >= 11 is 8.87. The van der Waals surface area contributed by atoms with Crippen LogP contribution in [0.3, 0.4) is 0 Å². The quantitative estimate of drug-likeness (QED) is 0.516. The van der Waals surface area contributed by atoms with E-state index in [1.807, 2.05) is 18.9 Å². The predicted molar refractivity (Wildman–Crippen MR) is 50.7 cm³/mol. The number of hydrogen-bond acceptors (Lipinski definition) is 2. The van der Waals surface area contributed by atoms with E-state index >= 15 is 0 Å². The average molecular weight is 179 g/mol. The molecule has 10 heavy (non-hydrogen) atoms. The number of ether oxygens (including phenoxy) is 1. The van der Waals surface area contributed by atoms with Crippen LogP contribution in [-0.4, -0.2) is 36.0 Å². The third-order valence-corrected chi connectivity index (χ3v) is 1.97. The topological polar surface area (TPSA) is 12.5 Å². The highest BCUT2D eigenvalue weighted by Gasteiger charge is 2.08. The molecule has 4 heteroatoms. The highest BCUT2D eigenvalue weighted by atomic mass is 32.1. The van der Waals surface area contributed by atoms with Crippen LogP contribution in [-0.2, 0) is 4.74 Å². The molecule has 0 heterocycles. The first-order valence-electron chi connectivity index (χ1n) is 3.04. The van der Waals surface area contributed by atoms with Gasteiger partial charge in [0.05, 0.1) is 12.6 Å². The zero-order valence-electron chi connectivity index (χ0n) is 6.50. The lowest BCUT2D eigenvalue weighted by atomic mass is 10.3. The molecule has 2 nitrogen and oxygen atoms in total. The Labute approximate surface area is 73.0 Å². The van der Waals surface area contributed by atoms with Crippen LogP contribution in [0.1, 0.15) is 6.92 Å². The first-order chi connectivity index (χ1) is 4.59. The summed E-state index contributed by atoms with van der Waals surface area (Å²) in [5.74, 6) is 0. The maximum Gasteiger partial charge on any atom is 0.133 e. The number of thiocarbonyl (C=S) groups is 1. The Balaban J connectivity index is 3.69. The van der Waals surface area contributed by atoms with Gasteiger partial charge in [-0.1, -0.05) is 12.2 Å². The Bertz CT molecular complexity index is 118. The van der Waals surface area contributed by atoms with Gasteiger partial charge in [-0.05, 0) is 6.92 Å². The SMILES string of the molecule is COCC(C)N(C)C(=S)S. The van der Waals surface area contributed by atoms with Crippen molar-refractivity contribution in [3.63, 3.8) is 0 Å². The lowest BCUT2D eigenvalue weighted by Gasteiger charge is -2.23. The van der Waals surface area contributed by atoms with Crippen LogP contribution in [0.2, 0.25) is 0 Å². The minimum Gasteiger partial charge on any atom is -0.383 e. The van der Waals surface area contributed by atoms with Gasteiger partial charge in [0.1, 0.15) is 4.32 Å². The van der Waals surface area contributed by atoms with Gasteiger partial charge in [0.25, 0.3) is 0 Å². The van der Waals surface area contributed by atoms with E-state index in [9.17, 15) is 0 Å². The molecule has 0 aliphatic carbocycles. The summed E-state index contributed by atoms with van der Waals surface area (Å²) in [5.41, 5.74) is 0. The van der Waals surface area contributed by atoms with Crippen molar-refractivity contribution in [3.05, 3.63) is 0 Å².